The zero-order chi connectivity index (χ0) is 25.0. The molecule has 1 heterocycles. The van der Waals surface area contributed by atoms with Gasteiger partial charge in [-0.3, -0.25) is 14.5 Å². The summed E-state index contributed by atoms with van der Waals surface area (Å²) >= 11 is 0.881. The van der Waals surface area contributed by atoms with Crippen molar-refractivity contribution in [3.63, 3.8) is 0 Å². The van der Waals surface area contributed by atoms with Crippen LogP contribution in [0.15, 0.2) is 88.2 Å². The zero-order valence-electron chi connectivity index (χ0n) is 18.4. The molecule has 0 aliphatic carbocycles. The fraction of sp³-hybridized carbons (Fsp3) is 0.125. The van der Waals surface area contributed by atoms with Gasteiger partial charge in [-0.05, 0) is 48.5 Å². The highest BCUT2D eigenvalue weighted by Gasteiger charge is 2.41. The van der Waals surface area contributed by atoms with Crippen molar-refractivity contribution < 1.29 is 27.1 Å². The van der Waals surface area contributed by atoms with Crippen molar-refractivity contribution in [2.45, 2.75) is 16.6 Å². The van der Waals surface area contributed by atoms with Gasteiger partial charge in [0.05, 0.1) is 17.7 Å². The second-order valence-corrected chi connectivity index (χ2v) is 10.2. The van der Waals surface area contributed by atoms with Crippen LogP contribution in [0.25, 0.3) is 0 Å². The normalized spacial score (nSPS) is 17.0. The molecule has 0 unspecified atom stereocenters. The second-order valence-electron chi connectivity index (χ2n) is 7.40. The molecule has 0 spiro atoms. The zero-order valence-corrected chi connectivity index (χ0v) is 20.1. The van der Waals surface area contributed by atoms with Crippen molar-refractivity contribution in [1.29, 1.82) is 0 Å². The molecule has 8 nitrogen and oxygen atoms in total. The predicted octanol–water partition coefficient (Wildman–Crippen LogP) is 4.06. The first-order chi connectivity index (χ1) is 16.8. The van der Waals surface area contributed by atoms with Gasteiger partial charge >= 0.3 is 0 Å². The number of sulfonamides is 1. The average Bonchev–Trinajstić information content (AvgIpc) is 3.13. The summed E-state index contributed by atoms with van der Waals surface area (Å²) < 4.78 is 48.0. The average molecular weight is 514 g/mol. The van der Waals surface area contributed by atoms with Crippen LogP contribution in [-0.4, -0.2) is 37.8 Å². The van der Waals surface area contributed by atoms with Gasteiger partial charge in [-0.2, -0.15) is 8.42 Å². The van der Waals surface area contributed by atoms with E-state index >= 15 is 0 Å². The molecule has 1 saturated heterocycles. The second kappa shape index (κ2) is 10.3. The fourth-order valence-electron chi connectivity index (χ4n) is 3.32. The highest BCUT2D eigenvalue weighted by Crippen LogP contribution is 2.35. The van der Waals surface area contributed by atoms with Gasteiger partial charge in [-0.15, -0.1) is 4.40 Å². The third kappa shape index (κ3) is 5.69. The Kier molecular flexibility index (Phi) is 7.17. The molecular weight excluding hydrogens is 493 g/mol. The first-order valence-electron chi connectivity index (χ1n) is 10.4. The summed E-state index contributed by atoms with van der Waals surface area (Å²) in [5.74, 6) is -0.936. The van der Waals surface area contributed by atoms with Crippen LogP contribution in [0.1, 0.15) is 6.42 Å². The number of anilines is 2. The molecule has 1 aliphatic rings. The number of para-hydroxylation sites is 1. The Hall–Kier alpha value is -3.70. The summed E-state index contributed by atoms with van der Waals surface area (Å²) in [6, 6.07) is 19.4. The minimum atomic E-state index is -4.24. The Morgan fingerprint density at radius 3 is 2.49 bits per heavy atom. The lowest BCUT2D eigenvalue weighted by Gasteiger charge is -2.16. The topological polar surface area (TPSA) is 105 Å². The number of carbonyl (C=O) groups excluding carboxylic acids is 2. The lowest BCUT2D eigenvalue weighted by Crippen LogP contribution is -2.33. The number of nitrogens with zero attached hydrogens (tertiary/aromatic N) is 2. The van der Waals surface area contributed by atoms with Gasteiger partial charge < -0.3 is 10.1 Å². The van der Waals surface area contributed by atoms with Crippen molar-refractivity contribution in [1.82, 2.24) is 0 Å². The third-order valence-electron chi connectivity index (χ3n) is 4.98. The molecule has 0 bridgehead atoms. The largest absolute Gasteiger partial charge is 0.497 e. The minimum Gasteiger partial charge on any atom is -0.497 e. The molecule has 0 saturated carbocycles. The van der Waals surface area contributed by atoms with E-state index in [1.54, 1.807) is 54.6 Å². The maximum absolute atomic E-state index is 13.3. The number of thioether (sulfide) groups is 1. The summed E-state index contributed by atoms with van der Waals surface area (Å²) in [6.45, 7) is 0. The van der Waals surface area contributed by atoms with Gasteiger partial charge in [-0.25, -0.2) is 4.39 Å². The van der Waals surface area contributed by atoms with E-state index in [9.17, 15) is 22.4 Å². The fourth-order valence-corrected chi connectivity index (χ4v) is 5.65. The monoisotopic (exact) mass is 513 g/mol. The van der Waals surface area contributed by atoms with E-state index in [4.69, 9.17) is 4.74 Å². The van der Waals surface area contributed by atoms with Crippen molar-refractivity contribution in [2.24, 2.45) is 4.40 Å². The molecule has 1 N–H and O–H groups in total. The number of methoxy groups -OCH3 is 1. The third-order valence-corrected chi connectivity index (χ3v) is 7.52. The minimum absolute atomic E-state index is 0.0929. The molecule has 1 atom stereocenters. The van der Waals surface area contributed by atoms with E-state index in [-0.39, 0.29) is 16.5 Å². The molecule has 180 valence electrons. The van der Waals surface area contributed by atoms with Crippen molar-refractivity contribution in [2.75, 3.05) is 17.3 Å². The lowest BCUT2D eigenvalue weighted by molar-refractivity contribution is -0.121. The Balaban J connectivity index is 1.61. The number of amides is 2. The number of halogens is 1. The van der Waals surface area contributed by atoms with Crippen LogP contribution in [0.3, 0.4) is 0 Å². The van der Waals surface area contributed by atoms with Crippen LogP contribution in [0, 0.1) is 5.82 Å². The summed E-state index contributed by atoms with van der Waals surface area (Å²) in [6.07, 6.45) is -0.209. The Labute approximate surface area is 205 Å². The van der Waals surface area contributed by atoms with E-state index in [2.05, 4.69) is 9.71 Å². The number of benzene rings is 3. The van der Waals surface area contributed by atoms with Crippen molar-refractivity contribution >= 4 is 50.1 Å². The van der Waals surface area contributed by atoms with Crippen LogP contribution in [0.4, 0.5) is 15.8 Å². The van der Waals surface area contributed by atoms with Crippen LogP contribution < -0.4 is 15.0 Å². The van der Waals surface area contributed by atoms with Crippen LogP contribution >= 0.6 is 11.8 Å². The van der Waals surface area contributed by atoms with E-state index in [0.717, 1.165) is 36.0 Å². The Morgan fingerprint density at radius 1 is 1.09 bits per heavy atom. The number of ether oxygens (including phenoxy) is 1. The molecule has 3 aromatic carbocycles. The van der Waals surface area contributed by atoms with Crippen molar-refractivity contribution in [3.8, 4) is 5.75 Å². The Morgan fingerprint density at radius 2 is 1.80 bits per heavy atom. The summed E-state index contributed by atoms with van der Waals surface area (Å²) in [5.41, 5.74) is 0.909. The summed E-state index contributed by atoms with van der Waals surface area (Å²) in [4.78, 5) is 26.9. The summed E-state index contributed by atoms with van der Waals surface area (Å²) in [5, 5.41) is 1.72. The maximum atomic E-state index is 13.3. The SMILES string of the molecule is COc1cccc(NC(=O)C[C@@H]2SC(=NS(=O)(=O)c3ccc(F)cc3)N(c3ccccc3)C2=O)c1. The molecule has 4 rings (SSSR count). The standard InChI is InChI=1S/C24H20FN3O5S2/c1-33-19-9-5-6-17(14-19)26-22(29)15-21-23(30)28(18-7-3-2-4-8-18)24(34-21)27-35(31,32)20-12-10-16(25)11-13-20/h2-14,21H,15H2,1H3,(H,26,29)/t21-/m0/s1. The smallest absolute Gasteiger partial charge is 0.284 e. The quantitative estimate of drug-likeness (QED) is 0.511. The number of carbonyl (C=O) groups is 2. The highest BCUT2D eigenvalue weighted by molar-refractivity contribution is 8.16. The molecule has 1 aliphatic heterocycles. The highest BCUT2D eigenvalue weighted by atomic mass is 32.2. The molecule has 1 fully saturated rings. The van der Waals surface area contributed by atoms with Crippen LogP contribution in [0.5, 0.6) is 5.75 Å². The lowest BCUT2D eigenvalue weighted by atomic mass is 10.2. The molecule has 3 aromatic rings. The van der Waals surface area contributed by atoms with Crippen LogP contribution in [0.2, 0.25) is 0 Å². The molecule has 0 radical (unpaired) electrons. The molecule has 11 heteroatoms. The van der Waals surface area contributed by atoms with Gasteiger partial charge in [0.25, 0.3) is 10.0 Å². The van der Waals surface area contributed by atoms with E-state index in [1.165, 1.54) is 12.0 Å². The number of hydrogen-bond acceptors (Lipinski definition) is 6. The number of rotatable bonds is 7. The van der Waals surface area contributed by atoms with E-state index < -0.39 is 32.9 Å². The number of nitrogens with one attached hydrogen (secondary N) is 1. The molecular formula is C24H20FN3O5S2. The first kappa shape index (κ1) is 24.4. The molecule has 2 amide bonds. The van der Waals surface area contributed by atoms with Gasteiger partial charge in [0.2, 0.25) is 11.8 Å². The van der Waals surface area contributed by atoms with Gasteiger partial charge in [0.15, 0.2) is 5.17 Å². The van der Waals surface area contributed by atoms with E-state index in [1.807, 2.05) is 0 Å². The summed E-state index contributed by atoms with van der Waals surface area (Å²) in [7, 11) is -2.73. The van der Waals surface area contributed by atoms with Gasteiger partial charge in [0, 0.05) is 18.2 Å². The first-order valence-corrected chi connectivity index (χ1v) is 12.7. The van der Waals surface area contributed by atoms with Gasteiger partial charge in [-0.1, -0.05) is 36.0 Å². The predicted molar refractivity (Wildman–Crippen MR) is 133 cm³/mol. The van der Waals surface area contributed by atoms with E-state index in [0.29, 0.717) is 17.1 Å². The Bertz CT molecular complexity index is 1380. The number of amidine groups is 1. The maximum Gasteiger partial charge on any atom is 0.284 e. The molecule has 35 heavy (non-hydrogen) atoms. The van der Waals surface area contributed by atoms with Gasteiger partial charge in [0.1, 0.15) is 16.8 Å². The number of hydrogen-bond donors (Lipinski definition) is 1. The van der Waals surface area contributed by atoms with Crippen LogP contribution in [-0.2, 0) is 19.6 Å². The van der Waals surface area contributed by atoms with Crippen molar-refractivity contribution in [3.05, 3.63) is 84.7 Å². The molecule has 0 aromatic heterocycles.